The van der Waals surface area contributed by atoms with E-state index >= 15 is 0 Å². The van der Waals surface area contributed by atoms with Gasteiger partial charge in [-0.15, -0.1) is 11.3 Å². The molecule has 0 saturated carbocycles. The maximum absolute atomic E-state index is 12.0. The van der Waals surface area contributed by atoms with E-state index in [1.54, 1.807) is 11.1 Å². The van der Waals surface area contributed by atoms with Crippen molar-refractivity contribution in [2.24, 2.45) is 5.92 Å². The van der Waals surface area contributed by atoms with E-state index in [1.165, 1.54) is 11.3 Å². The van der Waals surface area contributed by atoms with E-state index in [0.29, 0.717) is 18.2 Å². The van der Waals surface area contributed by atoms with Crippen LogP contribution in [-0.4, -0.2) is 40.1 Å². The lowest BCUT2D eigenvalue weighted by Gasteiger charge is -2.31. The number of nitrogens with zero attached hydrogens (tertiary/aromatic N) is 2. The van der Waals surface area contributed by atoms with Crippen LogP contribution in [0.2, 0.25) is 0 Å². The first-order chi connectivity index (χ1) is 9.04. The van der Waals surface area contributed by atoms with Crippen LogP contribution >= 0.6 is 11.3 Å². The summed E-state index contributed by atoms with van der Waals surface area (Å²) in [5, 5.41) is 12.1. The molecule has 7 heteroatoms. The summed E-state index contributed by atoms with van der Waals surface area (Å²) in [7, 11) is 0. The van der Waals surface area contributed by atoms with Crippen molar-refractivity contribution < 1.29 is 14.7 Å². The topological polar surface area (TPSA) is 82.5 Å². The lowest BCUT2D eigenvalue weighted by molar-refractivity contribution is -0.138. The van der Waals surface area contributed by atoms with Crippen molar-refractivity contribution in [1.29, 1.82) is 0 Å². The second-order valence-corrected chi connectivity index (χ2v) is 5.97. The standard InChI is InChI=1S/C12H17N3O3S/c1-8-7-13-11(19-8)14-12(18)15-4-2-9(3-5-15)6-10(16)17/h7,9H,2-6H2,1H3,(H,16,17)(H,13,14,18). The predicted molar refractivity (Wildman–Crippen MR) is 72.4 cm³/mol. The normalized spacial score (nSPS) is 16.4. The van der Waals surface area contributed by atoms with Crippen molar-refractivity contribution in [3.8, 4) is 0 Å². The number of anilines is 1. The number of carbonyl (C=O) groups excluding carboxylic acids is 1. The van der Waals surface area contributed by atoms with E-state index in [-0.39, 0.29) is 18.4 Å². The Kier molecular flexibility index (Phi) is 4.36. The highest BCUT2D eigenvalue weighted by molar-refractivity contribution is 7.15. The van der Waals surface area contributed by atoms with E-state index in [4.69, 9.17) is 5.11 Å². The number of carbonyl (C=O) groups is 2. The third kappa shape index (κ3) is 3.92. The summed E-state index contributed by atoms with van der Waals surface area (Å²) in [5.74, 6) is -0.579. The van der Waals surface area contributed by atoms with Gasteiger partial charge in [0.2, 0.25) is 0 Å². The van der Waals surface area contributed by atoms with Crippen LogP contribution < -0.4 is 5.32 Å². The Bertz CT molecular complexity index is 467. The quantitative estimate of drug-likeness (QED) is 0.890. The van der Waals surface area contributed by atoms with Gasteiger partial charge in [0, 0.05) is 30.6 Å². The SMILES string of the molecule is Cc1cnc(NC(=O)N2CCC(CC(=O)O)CC2)s1. The first-order valence-corrected chi connectivity index (χ1v) is 7.06. The number of hydrogen-bond acceptors (Lipinski definition) is 4. The summed E-state index contributed by atoms with van der Waals surface area (Å²) in [6.07, 6.45) is 3.41. The van der Waals surface area contributed by atoms with Crippen molar-refractivity contribution in [2.45, 2.75) is 26.2 Å². The lowest BCUT2D eigenvalue weighted by Crippen LogP contribution is -2.41. The Morgan fingerprint density at radius 3 is 2.74 bits per heavy atom. The minimum absolute atomic E-state index is 0.150. The third-order valence-corrected chi connectivity index (χ3v) is 4.03. The summed E-state index contributed by atoms with van der Waals surface area (Å²) in [6.45, 7) is 3.15. The summed E-state index contributed by atoms with van der Waals surface area (Å²) in [6, 6.07) is -0.150. The number of nitrogens with one attached hydrogen (secondary N) is 1. The van der Waals surface area contributed by atoms with Crippen molar-refractivity contribution in [1.82, 2.24) is 9.88 Å². The molecule has 0 aromatic carbocycles. The fraction of sp³-hybridized carbons (Fsp3) is 0.583. The average molecular weight is 283 g/mol. The molecule has 1 saturated heterocycles. The fourth-order valence-corrected chi connectivity index (χ4v) is 2.82. The molecule has 2 heterocycles. The maximum atomic E-state index is 12.0. The smallest absolute Gasteiger partial charge is 0.323 e. The van der Waals surface area contributed by atoms with Crippen LogP contribution in [0.15, 0.2) is 6.20 Å². The number of aryl methyl sites for hydroxylation is 1. The van der Waals surface area contributed by atoms with Gasteiger partial charge in [0.15, 0.2) is 5.13 Å². The molecular weight excluding hydrogens is 266 g/mol. The number of carboxylic acids is 1. The van der Waals surface area contributed by atoms with Crippen LogP contribution in [0.25, 0.3) is 0 Å². The highest BCUT2D eigenvalue weighted by Gasteiger charge is 2.24. The molecule has 0 spiro atoms. The van der Waals surface area contributed by atoms with Crippen molar-refractivity contribution in [2.75, 3.05) is 18.4 Å². The molecule has 2 amide bonds. The number of likely N-dealkylation sites (tertiary alicyclic amines) is 1. The van der Waals surface area contributed by atoms with Crippen LogP contribution in [0.1, 0.15) is 24.1 Å². The molecule has 1 aromatic rings. The van der Waals surface area contributed by atoms with E-state index in [9.17, 15) is 9.59 Å². The van der Waals surface area contributed by atoms with Crippen LogP contribution in [-0.2, 0) is 4.79 Å². The molecule has 0 atom stereocenters. The predicted octanol–water partition coefficient (Wildman–Crippen LogP) is 2.17. The number of carboxylic acid groups (broad SMARTS) is 1. The van der Waals surface area contributed by atoms with E-state index in [0.717, 1.165) is 17.7 Å². The number of amides is 2. The zero-order chi connectivity index (χ0) is 13.8. The lowest BCUT2D eigenvalue weighted by atomic mass is 9.94. The minimum Gasteiger partial charge on any atom is -0.481 e. The molecule has 0 bridgehead atoms. The summed E-state index contributed by atoms with van der Waals surface area (Å²) < 4.78 is 0. The number of piperidine rings is 1. The van der Waals surface area contributed by atoms with Gasteiger partial charge in [-0.2, -0.15) is 0 Å². The number of aliphatic carboxylic acids is 1. The molecule has 2 rings (SSSR count). The summed E-state index contributed by atoms with van der Waals surface area (Å²) in [5.41, 5.74) is 0. The molecular formula is C12H17N3O3S. The van der Waals surface area contributed by atoms with Crippen molar-refractivity contribution >= 4 is 28.5 Å². The van der Waals surface area contributed by atoms with Crippen LogP contribution in [0.3, 0.4) is 0 Å². The first-order valence-electron chi connectivity index (χ1n) is 6.24. The van der Waals surface area contributed by atoms with Gasteiger partial charge in [0.25, 0.3) is 0 Å². The summed E-state index contributed by atoms with van der Waals surface area (Å²) in [4.78, 5) is 29.5. The molecule has 1 fully saturated rings. The number of urea groups is 1. The monoisotopic (exact) mass is 283 g/mol. The zero-order valence-electron chi connectivity index (χ0n) is 10.8. The Hall–Kier alpha value is -1.63. The minimum atomic E-state index is -0.763. The van der Waals surface area contributed by atoms with E-state index < -0.39 is 5.97 Å². The number of thiazole rings is 1. The molecule has 1 aromatic heterocycles. The largest absolute Gasteiger partial charge is 0.481 e. The number of aromatic nitrogens is 1. The Balaban J connectivity index is 1.80. The molecule has 2 N–H and O–H groups in total. The zero-order valence-corrected chi connectivity index (χ0v) is 11.6. The molecule has 0 unspecified atom stereocenters. The Morgan fingerprint density at radius 1 is 1.53 bits per heavy atom. The molecule has 19 heavy (non-hydrogen) atoms. The van der Waals surface area contributed by atoms with Gasteiger partial charge < -0.3 is 10.0 Å². The highest BCUT2D eigenvalue weighted by atomic mass is 32.1. The van der Waals surface area contributed by atoms with Gasteiger partial charge in [-0.1, -0.05) is 0 Å². The molecule has 1 aliphatic rings. The molecule has 104 valence electrons. The van der Waals surface area contributed by atoms with Gasteiger partial charge in [-0.05, 0) is 25.7 Å². The average Bonchev–Trinajstić information content (AvgIpc) is 2.75. The molecule has 0 aliphatic carbocycles. The van der Waals surface area contributed by atoms with E-state index in [2.05, 4.69) is 10.3 Å². The number of hydrogen-bond donors (Lipinski definition) is 2. The van der Waals surface area contributed by atoms with Gasteiger partial charge >= 0.3 is 12.0 Å². The number of rotatable bonds is 3. The van der Waals surface area contributed by atoms with Crippen LogP contribution in [0.4, 0.5) is 9.93 Å². The maximum Gasteiger partial charge on any atom is 0.323 e. The second-order valence-electron chi connectivity index (χ2n) is 4.73. The Morgan fingerprint density at radius 2 is 2.21 bits per heavy atom. The second kappa shape index (κ2) is 6.01. The third-order valence-electron chi connectivity index (χ3n) is 3.20. The highest BCUT2D eigenvalue weighted by Crippen LogP contribution is 2.22. The van der Waals surface area contributed by atoms with Gasteiger partial charge in [-0.25, -0.2) is 9.78 Å². The van der Waals surface area contributed by atoms with Gasteiger partial charge in [-0.3, -0.25) is 10.1 Å². The molecule has 0 radical (unpaired) electrons. The molecule has 1 aliphatic heterocycles. The van der Waals surface area contributed by atoms with E-state index in [1.807, 2.05) is 6.92 Å². The summed E-state index contributed by atoms with van der Waals surface area (Å²) >= 11 is 1.44. The fourth-order valence-electron chi connectivity index (χ4n) is 2.17. The van der Waals surface area contributed by atoms with Crippen LogP contribution in [0.5, 0.6) is 0 Å². The Labute approximate surface area is 115 Å². The van der Waals surface area contributed by atoms with Gasteiger partial charge in [0.05, 0.1) is 0 Å². The van der Waals surface area contributed by atoms with Gasteiger partial charge in [0.1, 0.15) is 0 Å². The van der Waals surface area contributed by atoms with Crippen molar-refractivity contribution in [3.05, 3.63) is 11.1 Å². The first kappa shape index (κ1) is 13.8. The molecule has 6 nitrogen and oxygen atoms in total. The van der Waals surface area contributed by atoms with Crippen molar-refractivity contribution in [3.63, 3.8) is 0 Å². The van der Waals surface area contributed by atoms with Crippen LogP contribution in [0, 0.1) is 12.8 Å².